The van der Waals surface area contributed by atoms with Gasteiger partial charge in [0.1, 0.15) is 22.0 Å². The zero-order chi connectivity index (χ0) is 23.6. The van der Waals surface area contributed by atoms with Gasteiger partial charge < -0.3 is 18.8 Å². The van der Waals surface area contributed by atoms with Crippen molar-refractivity contribution < 1.29 is 36.7 Å². The largest absolute Gasteiger partial charge is 0.495 e. The molecule has 0 atom stereocenters. The minimum Gasteiger partial charge on any atom is -0.495 e. The van der Waals surface area contributed by atoms with Crippen molar-refractivity contribution in [3.8, 4) is 5.75 Å². The summed E-state index contributed by atoms with van der Waals surface area (Å²) in [6.07, 6.45) is 1.06. The maximum absolute atomic E-state index is 13.3. The molecule has 1 saturated heterocycles. The van der Waals surface area contributed by atoms with Crippen molar-refractivity contribution in [2.24, 2.45) is 0 Å². The fourth-order valence-corrected chi connectivity index (χ4v) is 4.77. The van der Waals surface area contributed by atoms with Crippen LogP contribution in [0.4, 0.5) is 11.6 Å². The van der Waals surface area contributed by atoms with Crippen molar-refractivity contribution >= 4 is 39.3 Å². The number of carbonyl (C=O) groups is 3. The minimum absolute atomic E-state index is 0.0202. The summed E-state index contributed by atoms with van der Waals surface area (Å²) in [6, 6.07) is 4.35. The van der Waals surface area contributed by atoms with Gasteiger partial charge in [-0.15, -0.1) is 0 Å². The zero-order valence-corrected chi connectivity index (χ0v) is 19.0. The third-order valence-corrected chi connectivity index (χ3v) is 6.32. The van der Waals surface area contributed by atoms with E-state index < -0.39 is 27.7 Å². The number of methoxy groups -OCH3 is 1. The molecule has 1 aliphatic heterocycles. The fraction of sp³-hybridized carbons (Fsp3) is 0.381. The summed E-state index contributed by atoms with van der Waals surface area (Å²) >= 11 is 0. The molecule has 0 radical (unpaired) electrons. The Morgan fingerprint density at radius 2 is 1.97 bits per heavy atom. The van der Waals surface area contributed by atoms with E-state index in [4.69, 9.17) is 13.9 Å². The first-order valence-electron chi connectivity index (χ1n) is 9.93. The Balaban J connectivity index is 2.08. The van der Waals surface area contributed by atoms with Crippen LogP contribution in [0.15, 0.2) is 27.5 Å². The molecule has 0 aliphatic carbocycles. The number of ketones is 1. The van der Waals surface area contributed by atoms with Crippen molar-refractivity contribution in [2.45, 2.75) is 38.5 Å². The molecule has 10 nitrogen and oxygen atoms in total. The third kappa shape index (κ3) is 4.33. The molecule has 0 saturated carbocycles. The number of furan rings is 1. The number of aryl methyl sites for hydroxylation is 1. The van der Waals surface area contributed by atoms with E-state index in [0.29, 0.717) is 25.1 Å². The van der Waals surface area contributed by atoms with Gasteiger partial charge in [0.15, 0.2) is 5.78 Å². The molecule has 1 amide bonds. The average molecular weight is 464 g/mol. The number of hydrogen-bond donors (Lipinski definition) is 1. The predicted molar refractivity (Wildman–Crippen MR) is 115 cm³/mol. The lowest BCUT2D eigenvalue weighted by Gasteiger charge is -2.18. The van der Waals surface area contributed by atoms with Crippen molar-refractivity contribution in [3.05, 3.63) is 35.1 Å². The first-order chi connectivity index (χ1) is 15.1. The van der Waals surface area contributed by atoms with Gasteiger partial charge in [0.25, 0.3) is 10.0 Å². The predicted octanol–water partition coefficient (Wildman–Crippen LogP) is 2.90. The molecule has 32 heavy (non-hydrogen) atoms. The first-order valence-corrected chi connectivity index (χ1v) is 11.4. The summed E-state index contributed by atoms with van der Waals surface area (Å²) in [7, 11) is -3.04. The molecule has 172 valence electrons. The number of Topliss-reactive ketones (excluding diaryl/α,β-unsaturated/α-hetero) is 1. The highest BCUT2D eigenvalue weighted by Crippen LogP contribution is 2.34. The number of rotatable bonds is 8. The summed E-state index contributed by atoms with van der Waals surface area (Å²) in [5.41, 5.74) is 0.0362. The smallest absolute Gasteiger partial charge is 0.344 e. The lowest BCUT2D eigenvalue weighted by molar-refractivity contribution is -0.117. The quantitative estimate of drug-likeness (QED) is 0.466. The van der Waals surface area contributed by atoms with Gasteiger partial charge in [0.05, 0.1) is 19.3 Å². The molecule has 1 aliphatic rings. The number of nitrogens with zero attached hydrogens (tertiary/aromatic N) is 1. The van der Waals surface area contributed by atoms with Gasteiger partial charge in [-0.2, -0.15) is 0 Å². The van der Waals surface area contributed by atoms with Gasteiger partial charge in [-0.3, -0.25) is 9.59 Å². The molecule has 11 heteroatoms. The molecular formula is C21H24N2O8S. The number of amides is 1. The van der Waals surface area contributed by atoms with Crippen LogP contribution >= 0.6 is 0 Å². The van der Waals surface area contributed by atoms with Crippen LogP contribution in [0, 0.1) is 6.92 Å². The van der Waals surface area contributed by atoms with Crippen LogP contribution in [0.5, 0.6) is 5.75 Å². The van der Waals surface area contributed by atoms with E-state index in [0.717, 1.165) is 0 Å². The number of hydrogen-bond acceptors (Lipinski definition) is 8. The number of carbonyl (C=O) groups excluding carboxylic acids is 3. The highest BCUT2D eigenvalue weighted by molar-refractivity contribution is 7.92. The number of ether oxygens (including phenoxy) is 2. The summed E-state index contributed by atoms with van der Waals surface area (Å²) in [5.74, 6) is -1.82. The Bertz CT molecular complexity index is 1180. The van der Waals surface area contributed by atoms with Crippen LogP contribution in [0.1, 0.15) is 53.2 Å². The monoisotopic (exact) mass is 464 g/mol. The van der Waals surface area contributed by atoms with Gasteiger partial charge in [0, 0.05) is 18.7 Å². The molecular weight excluding hydrogens is 440 g/mol. The maximum Gasteiger partial charge on any atom is 0.344 e. The summed E-state index contributed by atoms with van der Waals surface area (Å²) in [5, 5.41) is 0. The summed E-state index contributed by atoms with van der Waals surface area (Å²) in [6.45, 7) is 4.75. The number of anilines is 2. The minimum atomic E-state index is -4.35. The van der Waals surface area contributed by atoms with Crippen molar-refractivity contribution in [1.29, 1.82) is 0 Å². The van der Waals surface area contributed by atoms with E-state index in [2.05, 4.69) is 4.72 Å². The van der Waals surface area contributed by atoms with Crippen molar-refractivity contribution in [1.82, 2.24) is 0 Å². The molecule has 1 fully saturated rings. The lowest BCUT2D eigenvalue weighted by atomic mass is 10.1. The van der Waals surface area contributed by atoms with Crippen LogP contribution in [0.25, 0.3) is 0 Å². The Kier molecular flexibility index (Phi) is 6.58. The zero-order valence-electron chi connectivity index (χ0n) is 18.2. The molecule has 1 aromatic carbocycles. The molecule has 2 aromatic rings. The SMILES string of the molecule is CCOC(=O)c1c(NS(=O)(=O)c2cc(N3CCCC3=O)ccc2OC)oc(C)c1C(C)=O. The Hall–Kier alpha value is -3.34. The highest BCUT2D eigenvalue weighted by atomic mass is 32.2. The van der Waals surface area contributed by atoms with Gasteiger partial charge in [-0.25, -0.2) is 17.9 Å². The second-order valence-electron chi connectivity index (χ2n) is 7.10. The molecule has 1 aromatic heterocycles. The van der Waals surface area contributed by atoms with Gasteiger partial charge in [0.2, 0.25) is 11.8 Å². The van der Waals surface area contributed by atoms with Crippen LogP contribution in [-0.4, -0.2) is 46.3 Å². The third-order valence-electron chi connectivity index (χ3n) is 4.96. The molecule has 0 bridgehead atoms. The number of esters is 1. The topological polar surface area (TPSA) is 132 Å². The second-order valence-corrected chi connectivity index (χ2v) is 8.75. The van der Waals surface area contributed by atoms with Crippen molar-refractivity contribution in [2.75, 3.05) is 29.9 Å². The highest BCUT2D eigenvalue weighted by Gasteiger charge is 2.32. The van der Waals surface area contributed by atoms with Crippen molar-refractivity contribution in [3.63, 3.8) is 0 Å². The van der Waals surface area contributed by atoms with E-state index >= 15 is 0 Å². The van der Waals surface area contributed by atoms with E-state index in [9.17, 15) is 22.8 Å². The van der Waals surface area contributed by atoms with Crippen LogP contribution in [0.3, 0.4) is 0 Å². The number of benzene rings is 1. The van der Waals surface area contributed by atoms with E-state index in [1.54, 1.807) is 13.0 Å². The van der Waals surface area contributed by atoms with Gasteiger partial charge in [-0.05, 0) is 45.4 Å². The number of nitrogens with one attached hydrogen (secondary N) is 1. The average Bonchev–Trinajstić information content (AvgIpc) is 3.29. The second kappa shape index (κ2) is 9.03. The van der Waals surface area contributed by atoms with Crippen LogP contribution in [0.2, 0.25) is 0 Å². The standard InChI is InChI=1S/C21H24N2O8S/c1-5-30-21(26)19-18(12(2)24)13(3)31-20(19)22-32(27,28)16-11-14(8-9-15(16)29-4)23-10-6-7-17(23)25/h8-9,11,22H,5-7,10H2,1-4H3. The molecule has 1 N–H and O–H groups in total. The Morgan fingerprint density at radius 1 is 1.25 bits per heavy atom. The number of sulfonamides is 1. The Morgan fingerprint density at radius 3 is 2.53 bits per heavy atom. The molecule has 0 spiro atoms. The Labute approximate surface area is 185 Å². The molecule has 2 heterocycles. The van der Waals surface area contributed by atoms with Gasteiger partial charge >= 0.3 is 5.97 Å². The molecule has 3 rings (SSSR count). The summed E-state index contributed by atoms with van der Waals surface area (Å²) in [4.78, 5) is 37.9. The molecule has 0 unspecified atom stereocenters. The van der Waals surface area contributed by atoms with Crippen LogP contribution in [-0.2, 0) is 19.6 Å². The van der Waals surface area contributed by atoms with E-state index in [1.165, 1.54) is 38.0 Å². The fourth-order valence-electron chi connectivity index (χ4n) is 3.58. The van der Waals surface area contributed by atoms with Crippen LogP contribution < -0.4 is 14.4 Å². The summed E-state index contributed by atoms with van der Waals surface area (Å²) < 4.78 is 44.4. The van der Waals surface area contributed by atoms with E-state index in [1.807, 2.05) is 0 Å². The maximum atomic E-state index is 13.3. The van der Waals surface area contributed by atoms with E-state index in [-0.39, 0.29) is 40.0 Å². The lowest BCUT2D eigenvalue weighted by Crippen LogP contribution is -2.24. The first kappa shape index (κ1) is 23.3. The normalized spacial score (nSPS) is 13.9. The van der Waals surface area contributed by atoms with Gasteiger partial charge in [-0.1, -0.05) is 0 Å².